The van der Waals surface area contributed by atoms with Gasteiger partial charge < -0.3 is 5.11 Å². The number of hydrogen-bond acceptors (Lipinski definition) is 2. The molecule has 2 aromatic rings. The normalized spacial score (nSPS) is 12.4. The van der Waals surface area contributed by atoms with E-state index in [-0.39, 0.29) is 0 Å². The summed E-state index contributed by atoms with van der Waals surface area (Å²) < 4.78 is 0. The van der Waals surface area contributed by atoms with Crippen LogP contribution in [0.1, 0.15) is 29.7 Å². The van der Waals surface area contributed by atoms with Crippen molar-refractivity contribution in [3.05, 3.63) is 64.4 Å². The number of aryl methyl sites for hydroxylation is 1. The average molecular weight is 248 g/mol. The monoisotopic (exact) mass is 247 g/mol. The Kier molecular flexibility index (Phi) is 3.77. The molecule has 0 radical (unpaired) electrons. The molecule has 0 saturated heterocycles. The Balaban J connectivity index is 2.33. The fourth-order valence-electron chi connectivity index (χ4n) is 1.76. The van der Waals surface area contributed by atoms with E-state index in [1.54, 1.807) is 18.3 Å². The van der Waals surface area contributed by atoms with Gasteiger partial charge in [0.15, 0.2) is 0 Å². The van der Waals surface area contributed by atoms with Crippen LogP contribution in [0.15, 0.2) is 42.6 Å². The van der Waals surface area contributed by atoms with E-state index in [0.29, 0.717) is 5.15 Å². The van der Waals surface area contributed by atoms with Gasteiger partial charge in [0.1, 0.15) is 11.3 Å². The standard InChI is InChI=1S/C14H14ClNO/c1-2-10-4-3-5-11(8-10)14(17)12-6-7-16-13(15)9-12/h3-9,14,17H,2H2,1H3. The van der Waals surface area contributed by atoms with Gasteiger partial charge in [-0.25, -0.2) is 4.98 Å². The zero-order valence-electron chi connectivity index (χ0n) is 9.60. The van der Waals surface area contributed by atoms with Crippen molar-refractivity contribution in [2.75, 3.05) is 0 Å². The van der Waals surface area contributed by atoms with Crippen molar-refractivity contribution in [1.82, 2.24) is 4.98 Å². The summed E-state index contributed by atoms with van der Waals surface area (Å²) in [4.78, 5) is 3.90. The van der Waals surface area contributed by atoms with Gasteiger partial charge in [-0.3, -0.25) is 0 Å². The van der Waals surface area contributed by atoms with Crippen LogP contribution in [0.4, 0.5) is 0 Å². The minimum absolute atomic E-state index is 0.396. The molecule has 3 heteroatoms. The van der Waals surface area contributed by atoms with E-state index in [1.165, 1.54) is 5.56 Å². The molecule has 0 aliphatic rings. The highest BCUT2D eigenvalue weighted by Crippen LogP contribution is 2.23. The molecular weight excluding hydrogens is 234 g/mol. The SMILES string of the molecule is CCc1cccc(C(O)c2ccnc(Cl)c2)c1. The van der Waals surface area contributed by atoms with E-state index in [9.17, 15) is 5.11 Å². The van der Waals surface area contributed by atoms with Crippen molar-refractivity contribution in [1.29, 1.82) is 0 Å². The predicted octanol–water partition coefficient (Wildman–Crippen LogP) is 3.38. The molecule has 0 aliphatic heterocycles. The van der Waals surface area contributed by atoms with Gasteiger partial charge >= 0.3 is 0 Å². The molecule has 0 fully saturated rings. The lowest BCUT2D eigenvalue weighted by Gasteiger charge is -2.12. The summed E-state index contributed by atoms with van der Waals surface area (Å²) >= 11 is 5.81. The van der Waals surface area contributed by atoms with Crippen molar-refractivity contribution in [3.8, 4) is 0 Å². The Morgan fingerprint density at radius 3 is 2.71 bits per heavy atom. The van der Waals surface area contributed by atoms with Crippen LogP contribution >= 0.6 is 11.6 Å². The van der Waals surface area contributed by atoms with E-state index in [2.05, 4.69) is 18.0 Å². The van der Waals surface area contributed by atoms with Crippen molar-refractivity contribution in [2.45, 2.75) is 19.4 Å². The Morgan fingerprint density at radius 1 is 1.24 bits per heavy atom. The number of aliphatic hydroxyl groups excluding tert-OH is 1. The van der Waals surface area contributed by atoms with Gasteiger partial charge in [0.25, 0.3) is 0 Å². The molecule has 1 atom stereocenters. The zero-order valence-corrected chi connectivity index (χ0v) is 10.4. The molecule has 88 valence electrons. The van der Waals surface area contributed by atoms with Gasteiger partial charge in [-0.15, -0.1) is 0 Å². The van der Waals surface area contributed by atoms with Gasteiger partial charge in [-0.1, -0.05) is 42.8 Å². The highest BCUT2D eigenvalue weighted by atomic mass is 35.5. The van der Waals surface area contributed by atoms with Gasteiger partial charge in [-0.2, -0.15) is 0 Å². The van der Waals surface area contributed by atoms with Crippen molar-refractivity contribution in [3.63, 3.8) is 0 Å². The zero-order chi connectivity index (χ0) is 12.3. The number of pyridine rings is 1. The van der Waals surface area contributed by atoms with Crippen molar-refractivity contribution < 1.29 is 5.11 Å². The van der Waals surface area contributed by atoms with Crippen LogP contribution in [0.3, 0.4) is 0 Å². The first-order chi connectivity index (χ1) is 8.20. The molecule has 0 spiro atoms. The summed E-state index contributed by atoms with van der Waals surface area (Å²) in [7, 11) is 0. The second kappa shape index (κ2) is 5.30. The molecule has 1 aromatic carbocycles. The minimum atomic E-state index is -0.651. The third kappa shape index (κ3) is 2.84. The molecule has 0 saturated carbocycles. The summed E-state index contributed by atoms with van der Waals surface area (Å²) in [5.41, 5.74) is 2.85. The quantitative estimate of drug-likeness (QED) is 0.844. The lowest BCUT2D eigenvalue weighted by Crippen LogP contribution is -2.00. The molecule has 1 aromatic heterocycles. The lowest BCUT2D eigenvalue weighted by molar-refractivity contribution is 0.220. The van der Waals surface area contributed by atoms with Gasteiger partial charge in [0, 0.05) is 6.20 Å². The first-order valence-electron chi connectivity index (χ1n) is 5.59. The van der Waals surface area contributed by atoms with Gasteiger partial charge in [0.05, 0.1) is 0 Å². The topological polar surface area (TPSA) is 33.1 Å². The Hall–Kier alpha value is -1.38. The van der Waals surface area contributed by atoms with Crippen LogP contribution < -0.4 is 0 Å². The van der Waals surface area contributed by atoms with E-state index in [4.69, 9.17) is 11.6 Å². The maximum absolute atomic E-state index is 10.2. The van der Waals surface area contributed by atoms with Crippen molar-refractivity contribution >= 4 is 11.6 Å². The number of benzene rings is 1. The van der Waals surface area contributed by atoms with Crippen LogP contribution in [0.5, 0.6) is 0 Å². The number of rotatable bonds is 3. The maximum atomic E-state index is 10.2. The number of aromatic nitrogens is 1. The molecular formula is C14H14ClNO. The van der Waals surface area contributed by atoms with E-state index >= 15 is 0 Å². The van der Waals surface area contributed by atoms with Crippen LogP contribution in [0.2, 0.25) is 5.15 Å². The average Bonchev–Trinajstić information content (AvgIpc) is 2.38. The first-order valence-corrected chi connectivity index (χ1v) is 5.97. The fraction of sp³-hybridized carbons (Fsp3) is 0.214. The molecule has 0 amide bonds. The molecule has 0 bridgehead atoms. The van der Waals surface area contributed by atoms with Crippen LogP contribution in [0.25, 0.3) is 0 Å². The molecule has 1 heterocycles. The number of hydrogen-bond donors (Lipinski definition) is 1. The molecule has 17 heavy (non-hydrogen) atoms. The highest BCUT2D eigenvalue weighted by molar-refractivity contribution is 6.29. The number of nitrogens with zero attached hydrogens (tertiary/aromatic N) is 1. The summed E-state index contributed by atoms with van der Waals surface area (Å²) in [5.74, 6) is 0. The summed E-state index contributed by atoms with van der Waals surface area (Å²) in [6, 6.07) is 11.4. The van der Waals surface area contributed by atoms with E-state index in [1.807, 2.05) is 18.2 Å². The predicted molar refractivity (Wildman–Crippen MR) is 69.1 cm³/mol. The molecule has 2 nitrogen and oxygen atoms in total. The third-order valence-corrected chi connectivity index (χ3v) is 2.95. The largest absolute Gasteiger partial charge is 0.384 e. The second-order valence-corrected chi connectivity index (χ2v) is 4.30. The van der Waals surface area contributed by atoms with Crippen LogP contribution in [0, 0.1) is 0 Å². The summed E-state index contributed by atoms with van der Waals surface area (Å²) in [6.07, 6.45) is 1.91. The lowest BCUT2D eigenvalue weighted by atomic mass is 10.00. The summed E-state index contributed by atoms with van der Waals surface area (Å²) in [6.45, 7) is 2.09. The molecule has 1 unspecified atom stereocenters. The Morgan fingerprint density at radius 2 is 2.00 bits per heavy atom. The van der Waals surface area contributed by atoms with Crippen LogP contribution in [-0.2, 0) is 6.42 Å². The smallest absolute Gasteiger partial charge is 0.129 e. The highest BCUT2D eigenvalue weighted by Gasteiger charge is 2.11. The molecule has 1 N–H and O–H groups in total. The van der Waals surface area contributed by atoms with E-state index in [0.717, 1.165) is 17.5 Å². The molecule has 2 rings (SSSR count). The van der Waals surface area contributed by atoms with Crippen molar-refractivity contribution in [2.24, 2.45) is 0 Å². The number of aliphatic hydroxyl groups is 1. The van der Waals surface area contributed by atoms with E-state index < -0.39 is 6.10 Å². The minimum Gasteiger partial charge on any atom is -0.384 e. The second-order valence-electron chi connectivity index (χ2n) is 3.91. The number of halogens is 1. The first kappa shape index (κ1) is 12.1. The summed E-state index contributed by atoms with van der Waals surface area (Å²) in [5, 5.41) is 10.6. The fourth-order valence-corrected chi connectivity index (χ4v) is 1.95. The Labute approximate surface area is 106 Å². The maximum Gasteiger partial charge on any atom is 0.129 e. The molecule has 0 aliphatic carbocycles. The Bertz CT molecular complexity index is 513. The third-order valence-electron chi connectivity index (χ3n) is 2.74. The van der Waals surface area contributed by atoms with Gasteiger partial charge in [-0.05, 0) is 35.2 Å². The van der Waals surface area contributed by atoms with Crippen LogP contribution in [-0.4, -0.2) is 10.1 Å². The van der Waals surface area contributed by atoms with Gasteiger partial charge in [0.2, 0.25) is 0 Å².